The molecule has 0 aromatic heterocycles. The van der Waals surface area contributed by atoms with Gasteiger partial charge in [0.15, 0.2) is 0 Å². The summed E-state index contributed by atoms with van der Waals surface area (Å²) in [5.74, 6) is 0. The maximum absolute atomic E-state index is 2.41. The summed E-state index contributed by atoms with van der Waals surface area (Å²) in [6.45, 7) is 2.27. The van der Waals surface area contributed by atoms with Crippen LogP contribution in [-0.2, 0) is 0 Å². The van der Waals surface area contributed by atoms with Crippen LogP contribution >= 0.6 is 0 Å². The summed E-state index contributed by atoms with van der Waals surface area (Å²) in [6, 6.07) is 0. The summed E-state index contributed by atoms with van der Waals surface area (Å²) in [7, 11) is 2.19. The van der Waals surface area contributed by atoms with Gasteiger partial charge in [-0.15, -0.1) is 0 Å². The Kier molecular flexibility index (Phi) is 2.31. The molecule has 0 unspecified atom stereocenters. The van der Waals surface area contributed by atoms with Crippen LogP contribution in [0.1, 0.15) is 25.7 Å². The van der Waals surface area contributed by atoms with Gasteiger partial charge in [0.25, 0.3) is 0 Å². The van der Waals surface area contributed by atoms with E-state index in [1.165, 1.54) is 25.7 Å². The van der Waals surface area contributed by atoms with E-state index in [1.807, 2.05) is 0 Å². The summed E-state index contributed by atoms with van der Waals surface area (Å²) in [5.41, 5.74) is 3.26. The fraction of sp³-hybridized carbons (Fsp3) is 0.636. The number of allylic oxidation sites excluding steroid dienone is 2. The highest BCUT2D eigenvalue weighted by Gasteiger charge is 2.13. The van der Waals surface area contributed by atoms with E-state index in [9.17, 15) is 0 Å². The molecule has 0 amide bonds. The van der Waals surface area contributed by atoms with Crippen molar-refractivity contribution in [3.63, 3.8) is 0 Å². The van der Waals surface area contributed by atoms with Crippen molar-refractivity contribution in [1.82, 2.24) is 4.90 Å². The van der Waals surface area contributed by atoms with Crippen molar-refractivity contribution in [2.75, 3.05) is 20.1 Å². The van der Waals surface area contributed by atoms with Crippen molar-refractivity contribution >= 4 is 0 Å². The number of fused-ring (bicyclic) bond motifs is 1. The number of likely N-dealkylation sites (N-methyl/N-ethyl adjacent to an activating group) is 1. The van der Waals surface area contributed by atoms with Crippen molar-refractivity contribution in [1.29, 1.82) is 0 Å². The van der Waals surface area contributed by atoms with Crippen molar-refractivity contribution in [3.05, 3.63) is 23.3 Å². The largest absolute Gasteiger partial charge is 0.299 e. The summed E-state index contributed by atoms with van der Waals surface area (Å²) < 4.78 is 0. The van der Waals surface area contributed by atoms with Crippen LogP contribution < -0.4 is 0 Å². The minimum absolute atomic E-state index is 1.13. The predicted molar refractivity (Wildman–Crippen MR) is 52.1 cm³/mol. The standard InChI is InChI=1S/C11H17N/c1-12-8-6-10-4-2-3-5-11(10)7-9-12/h6-7H,2-5,8-9H2,1H3. The topological polar surface area (TPSA) is 3.24 Å². The molecule has 0 saturated heterocycles. The highest BCUT2D eigenvalue weighted by atomic mass is 15.1. The smallest absolute Gasteiger partial charge is 0.0169 e. The third-order valence-corrected chi connectivity index (χ3v) is 2.85. The third-order valence-electron chi connectivity index (χ3n) is 2.85. The van der Waals surface area contributed by atoms with E-state index in [2.05, 4.69) is 24.1 Å². The van der Waals surface area contributed by atoms with Gasteiger partial charge in [0, 0.05) is 13.1 Å². The second-order valence-corrected chi connectivity index (χ2v) is 3.89. The summed E-state index contributed by atoms with van der Waals surface area (Å²) >= 11 is 0. The Morgan fingerprint density at radius 2 is 1.50 bits per heavy atom. The van der Waals surface area contributed by atoms with Crippen LogP contribution in [-0.4, -0.2) is 25.0 Å². The lowest BCUT2D eigenvalue weighted by Crippen LogP contribution is -2.16. The molecule has 0 atom stereocenters. The molecule has 0 aromatic carbocycles. The molecule has 0 radical (unpaired) electrons. The van der Waals surface area contributed by atoms with Crippen LogP contribution in [0.5, 0.6) is 0 Å². The fourth-order valence-electron chi connectivity index (χ4n) is 2.02. The van der Waals surface area contributed by atoms with Gasteiger partial charge in [-0.2, -0.15) is 0 Å². The van der Waals surface area contributed by atoms with Gasteiger partial charge >= 0.3 is 0 Å². The number of hydrogen-bond donors (Lipinski definition) is 0. The first kappa shape index (κ1) is 8.06. The molecule has 0 N–H and O–H groups in total. The average molecular weight is 163 g/mol. The number of nitrogens with zero attached hydrogens (tertiary/aromatic N) is 1. The van der Waals surface area contributed by atoms with Gasteiger partial charge in [-0.05, 0) is 43.9 Å². The first-order valence-corrected chi connectivity index (χ1v) is 4.93. The molecule has 1 saturated carbocycles. The van der Waals surface area contributed by atoms with Crippen LogP contribution in [0.2, 0.25) is 0 Å². The minimum atomic E-state index is 1.13. The quantitative estimate of drug-likeness (QED) is 0.530. The van der Waals surface area contributed by atoms with E-state index in [1.54, 1.807) is 11.1 Å². The predicted octanol–water partition coefficient (Wildman–Crippen LogP) is 2.36. The molecule has 1 aliphatic heterocycles. The molecule has 1 heteroatoms. The second kappa shape index (κ2) is 3.44. The van der Waals surface area contributed by atoms with E-state index in [4.69, 9.17) is 0 Å². The molecule has 2 aliphatic rings. The molecule has 1 nitrogen and oxygen atoms in total. The van der Waals surface area contributed by atoms with Crippen LogP contribution in [0.25, 0.3) is 0 Å². The molecule has 0 aromatic rings. The van der Waals surface area contributed by atoms with E-state index in [0.29, 0.717) is 0 Å². The zero-order valence-electron chi connectivity index (χ0n) is 7.84. The van der Waals surface area contributed by atoms with Crippen LogP contribution in [0.4, 0.5) is 0 Å². The Balaban J connectivity index is 2.18. The van der Waals surface area contributed by atoms with Crippen LogP contribution in [0.15, 0.2) is 23.3 Å². The zero-order valence-corrected chi connectivity index (χ0v) is 7.84. The van der Waals surface area contributed by atoms with Crippen molar-refractivity contribution in [3.8, 4) is 0 Å². The highest BCUT2D eigenvalue weighted by Crippen LogP contribution is 2.29. The molecule has 2 rings (SSSR count). The maximum Gasteiger partial charge on any atom is 0.0169 e. The van der Waals surface area contributed by atoms with E-state index in [-0.39, 0.29) is 0 Å². The molecule has 0 spiro atoms. The van der Waals surface area contributed by atoms with Gasteiger partial charge in [-0.25, -0.2) is 0 Å². The van der Waals surface area contributed by atoms with Gasteiger partial charge in [-0.3, -0.25) is 4.90 Å². The third kappa shape index (κ3) is 1.61. The van der Waals surface area contributed by atoms with Gasteiger partial charge in [0.2, 0.25) is 0 Å². The molecule has 1 heterocycles. The molecule has 66 valence electrons. The molecule has 0 bridgehead atoms. The Morgan fingerprint density at radius 3 is 2.00 bits per heavy atom. The van der Waals surface area contributed by atoms with Crippen molar-refractivity contribution < 1.29 is 0 Å². The Morgan fingerprint density at radius 1 is 1.00 bits per heavy atom. The second-order valence-electron chi connectivity index (χ2n) is 3.89. The normalized spacial score (nSPS) is 25.4. The van der Waals surface area contributed by atoms with Gasteiger partial charge < -0.3 is 0 Å². The summed E-state index contributed by atoms with van der Waals surface area (Å²) in [4.78, 5) is 2.36. The van der Waals surface area contributed by atoms with Gasteiger partial charge in [0.1, 0.15) is 0 Å². The number of hydrogen-bond acceptors (Lipinski definition) is 1. The summed E-state index contributed by atoms with van der Waals surface area (Å²) in [6.07, 6.45) is 10.3. The lowest BCUT2D eigenvalue weighted by Gasteiger charge is -2.16. The maximum atomic E-state index is 2.41. The first-order chi connectivity index (χ1) is 5.86. The zero-order chi connectivity index (χ0) is 8.39. The monoisotopic (exact) mass is 163 g/mol. The first-order valence-electron chi connectivity index (χ1n) is 4.93. The summed E-state index contributed by atoms with van der Waals surface area (Å²) in [5, 5.41) is 0. The van der Waals surface area contributed by atoms with Gasteiger partial charge in [-0.1, -0.05) is 12.2 Å². The fourth-order valence-corrected chi connectivity index (χ4v) is 2.02. The SMILES string of the molecule is CN1CC=C2CCCCC2=CC1. The molecule has 1 fully saturated rings. The highest BCUT2D eigenvalue weighted by molar-refractivity contribution is 5.34. The lowest BCUT2D eigenvalue weighted by atomic mass is 9.89. The van der Waals surface area contributed by atoms with E-state index in [0.717, 1.165) is 13.1 Å². The van der Waals surface area contributed by atoms with Crippen LogP contribution in [0.3, 0.4) is 0 Å². The number of rotatable bonds is 0. The minimum Gasteiger partial charge on any atom is -0.299 e. The van der Waals surface area contributed by atoms with Gasteiger partial charge in [0.05, 0.1) is 0 Å². The van der Waals surface area contributed by atoms with E-state index >= 15 is 0 Å². The van der Waals surface area contributed by atoms with Crippen LogP contribution in [0, 0.1) is 0 Å². The Labute approximate surface area is 74.8 Å². The Hall–Kier alpha value is -0.560. The average Bonchev–Trinajstić information content (AvgIpc) is 2.29. The molecular formula is C11H17N. The molecule has 12 heavy (non-hydrogen) atoms. The molecule has 1 aliphatic carbocycles. The Bertz CT molecular complexity index is 201. The van der Waals surface area contributed by atoms with Crippen molar-refractivity contribution in [2.45, 2.75) is 25.7 Å². The van der Waals surface area contributed by atoms with Crippen molar-refractivity contribution in [2.24, 2.45) is 0 Å². The lowest BCUT2D eigenvalue weighted by molar-refractivity contribution is 0.414. The molecular weight excluding hydrogens is 146 g/mol. The van der Waals surface area contributed by atoms with E-state index < -0.39 is 0 Å².